The second kappa shape index (κ2) is 14.9. The number of nitrogens with one attached hydrogen (secondary N) is 1. The second-order valence-electron chi connectivity index (χ2n) is 7.74. The van der Waals surface area contributed by atoms with Gasteiger partial charge in [0.05, 0.1) is 0 Å². The van der Waals surface area contributed by atoms with E-state index in [-0.39, 0.29) is 12.8 Å². The summed E-state index contributed by atoms with van der Waals surface area (Å²) >= 11 is 0. The van der Waals surface area contributed by atoms with Gasteiger partial charge < -0.3 is 26.5 Å². The Labute approximate surface area is 218 Å². The molecule has 0 heterocycles. The van der Waals surface area contributed by atoms with E-state index in [2.05, 4.69) is 10.4 Å². The Bertz CT molecular complexity index is 1290. The first-order chi connectivity index (χ1) is 18.1. The summed E-state index contributed by atoms with van der Waals surface area (Å²) in [7, 11) is 0. The maximum absolute atomic E-state index is 12.4. The van der Waals surface area contributed by atoms with Crippen LogP contribution in [0.1, 0.15) is 24.0 Å². The minimum absolute atomic E-state index is 0.105. The second-order valence-corrected chi connectivity index (χ2v) is 7.74. The number of primary amides is 1. The van der Waals surface area contributed by atoms with Crippen LogP contribution in [0.3, 0.4) is 0 Å². The lowest BCUT2D eigenvalue weighted by molar-refractivity contribution is -0.435. The molecule has 0 saturated carbocycles. The van der Waals surface area contributed by atoms with Gasteiger partial charge in [0.2, 0.25) is 17.5 Å². The first-order valence-corrected chi connectivity index (χ1v) is 11.3. The summed E-state index contributed by atoms with van der Waals surface area (Å²) in [4.78, 5) is 44.8. The molecule has 0 aromatic heterocycles. The third-order valence-corrected chi connectivity index (χ3v) is 4.79. The number of nitrogens with two attached hydrogens (primary N) is 1. The topological polar surface area (TPSA) is 185 Å². The fraction of sp³-hybridized carbons (Fsp3) is 0.111. The van der Waals surface area contributed by atoms with Gasteiger partial charge in [-0.25, -0.2) is 9.59 Å². The van der Waals surface area contributed by atoms with Gasteiger partial charge >= 0.3 is 11.9 Å². The number of hydrogen-bond acceptors (Lipinski definition) is 6. The molecule has 11 heteroatoms. The van der Waals surface area contributed by atoms with E-state index >= 15 is 0 Å². The molecule has 2 aromatic carbocycles. The van der Waals surface area contributed by atoms with E-state index in [1.807, 2.05) is 0 Å². The summed E-state index contributed by atoms with van der Waals surface area (Å²) < 4.78 is 0. The van der Waals surface area contributed by atoms with E-state index < -0.39 is 29.8 Å². The summed E-state index contributed by atoms with van der Waals surface area (Å²) in [6.45, 7) is 0. The Morgan fingerprint density at radius 2 is 1.45 bits per heavy atom. The number of aliphatic carboxylic acids is 2. The summed E-state index contributed by atoms with van der Waals surface area (Å²) in [5, 5.41) is 36.3. The number of carbonyl (C=O) groups excluding carboxylic acids is 2. The lowest BCUT2D eigenvalue weighted by atomic mass is 10.1. The first-order valence-electron chi connectivity index (χ1n) is 11.3. The Hall–Kier alpha value is -5.32. The molecule has 0 bridgehead atoms. The van der Waals surface area contributed by atoms with Crippen molar-refractivity contribution >= 4 is 47.3 Å². The van der Waals surface area contributed by atoms with Crippen molar-refractivity contribution in [2.24, 2.45) is 10.8 Å². The van der Waals surface area contributed by atoms with Crippen LogP contribution in [0.25, 0.3) is 12.2 Å². The van der Waals surface area contributed by atoms with Crippen LogP contribution >= 0.6 is 0 Å². The van der Waals surface area contributed by atoms with E-state index in [9.17, 15) is 24.4 Å². The molecule has 0 aliphatic carbocycles. The van der Waals surface area contributed by atoms with Crippen molar-refractivity contribution in [3.8, 4) is 0 Å². The van der Waals surface area contributed by atoms with Crippen molar-refractivity contribution in [3.05, 3.63) is 101 Å². The maximum atomic E-state index is 12.4. The van der Waals surface area contributed by atoms with Crippen molar-refractivity contribution in [2.45, 2.75) is 18.9 Å². The minimum Gasteiger partial charge on any atom is -0.594 e. The fourth-order valence-electron chi connectivity index (χ4n) is 2.91. The fourth-order valence-corrected chi connectivity index (χ4v) is 2.91. The Kier molecular flexibility index (Phi) is 11.4. The molecular formula is C27H26N4O7. The van der Waals surface area contributed by atoms with Crippen LogP contribution in [0.2, 0.25) is 0 Å². The molecule has 0 saturated heterocycles. The number of azo groups is 1. The highest BCUT2D eigenvalue weighted by atomic mass is 16.5. The third kappa shape index (κ3) is 11.0. The molecule has 2 rings (SSSR count). The van der Waals surface area contributed by atoms with Gasteiger partial charge in [0, 0.05) is 35.8 Å². The number of rotatable bonds is 13. The largest absolute Gasteiger partial charge is 0.594 e. The van der Waals surface area contributed by atoms with Gasteiger partial charge in [-0.05, 0) is 41.8 Å². The zero-order chi connectivity index (χ0) is 27.9. The molecule has 38 heavy (non-hydrogen) atoms. The lowest BCUT2D eigenvalue weighted by Crippen LogP contribution is -2.40. The van der Waals surface area contributed by atoms with Crippen molar-refractivity contribution in [1.29, 1.82) is 0 Å². The Morgan fingerprint density at radius 3 is 1.97 bits per heavy atom. The summed E-state index contributed by atoms with van der Waals surface area (Å²) in [5.74, 6) is -3.59. The average Bonchev–Trinajstić information content (AvgIpc) is 2.88. The van der Waals surface area contributed by atoms with E-state index in [1.54, 1.807) is 72.8 Å². The van der Waals surface area contributed by atoms with Gasteiger partial charge in [0.15, 0.2) is 0 Å². The molecule has 0 aliphatic rings. The minimum atomic E-state index is -1.26. The van der Waals surface area contributed by atoms with Crippen molar-refractivity contribution in [1.82, 2.24) is 5.32 Å². The standard InChI is InChI=1S/C27H26N4O7/c28-24(32)18-17-23(27(36)37)29-25(33)7-3-1-5-20-11-15-22(16-12-20)31(38)30-21-13-9-19(10-14-21)6-2-4-8-26(34)35/h1-16,23H,17-18H2,(H2,28,32)(H,29,33)(H,34,35)(H,36,37). The molecule has 196 valence electrons. The van der Waals surface area contributed by atoms with Crippen LogP contribution in [-0.4, -0.2) is 44.9 Å². The molecule has 1 unspecified atom stereocenters. The van der Waals surface area contributed by atoms with Crippen molar-refractivity contribution in [2.75, 3.05) is 0 Å². The van der Waals surface area contributed by atoms with Gasteiger partial charge in [0.1, 0.15) is 11.7 Å². The highest BCUT2D eigenvalue weighted by Gasteiger charge is 2.19. The van der Waals surface area contributed by atoms with Crippen LogP contribution in [-0.2, 0) is 19.2 Å². The average molecular weight is 519 g/mol. The molecule has 2 amide bonds. The number of allylic oxidation sites excluding steroid dienone is 4. The van der Waals surface area contributed by atoms with Gasteiger partial charge in [-0.2, -0.15) is 0 Å². The smallest absolute Gasteiger partial charge is 0.328 e. The first kappa shape index (κ1) is 28.9. The van der Waals surface area contributed by atoms with Crippen LogP contribution in [0.4, 0.5) is 11.4 Å². The highest BCUT2D eigenvalue weighted by Crippen LogP contribution is 2.19. The number of carboxylic acids is 2. The van der Waals surface area contributed by atoms with E-state index in [1.165, 1.54) is 12.2 Å². The zero-order valence-electron chi connectivity index (χ0n) is 20.1. The van der Waals surface area contributed by atoms with Crippen LogP contribution in [0.5, 0.6) is 0 Å². The summed E-state index contributed by atoms with van der Waals surface area (Å²) in [6.07, 6.45) is 11.3. The summed E-state index contributed by atoms with van der Waals surface area (Å²) in [5.41, 5.74) is 7.29. The SMILES string of the molecule is NC(=O)CCC(NC(=O)C=CC=Cc1ccc([N+]([O-])=Nc2ccc(C=CC=CC(=O)O)cc2)cc1)C(=O)O. The van der Waals surface area contributed by atoms with E-state index in [0.29, 0.717) is 16.2 Å². The van der Waals surface area contributed by atoms with E-state index in [0.717, 1.165) is 23.3 Å². The zero-order valence-corrected chi connectivity index (χ0v) is 20.1. The van der Waals surface area contributed by atoms with Crippen LogP contribution in [0, 0.1) is 5.21 Å². The molecule has 11 nitrogen and oxygen atoms in total. The Balaban J connectivity index is 1.93. The number of hydrogen-bond donors (Lipinski definition) is 4. The molecular weight excluding hydrogens is 492 g/mol. The number of amides is 2. The number of carbonyl (C=O) groups is 4. The van der Waals surface area contributed by atoms with Gasteiger partial charge in [-0.3, -0.25) is 9.59 Å². The number of nitrogens with zero attached hydrogens (tertiary/aromatic N) is 2. The maximum Gasteiger partial charge on any atom is 0.328 e. The quantitative estimate of drug-likeness (QED) is 0.102. The highest BCUT2D eigenvalue weighted by molar-refractivity contribution is 5.91. The molecule has 0 aliphatic heterocycles. The number of carboxylic acid groups (broad SMARTS) is 2. The molecule has 0 fully saturated rings. The van der Waals surface area contributed by atoms with Gasteiger partial charge in [-0.1, -0.05) is 53.4 Å². The lowest BCUT2D eigenvalue weighted by Gasteiger charge is -2.11. The van der Waals surface area contributed by atoms with Crippen LogP contribution < -0.4 is 11.1 Å². The molecule has 0 radical (unpaired) electrons. The predicted molar refractivity (Wildman–Crippen MR) is 140 cm³/mol. The Morgan fingerprint density at radius 1 is 0.895 bits per heavy atom. The molecule has 5 N–H and O–H groups in total. The third-order valence-electron chi connectivity index (χ3n) is 4.79. The predicted octanol–water partition coefficient (Wildman–Crippen LogP) is 3.67. The van der Waals surface area contributed by atoms with Gasteiger partial charge in [-0.15, -0.1) is 0 Å². The normalized spacial score (nSPS) is 12.9. The molecule has 0 spiro atoms. The summed E-state index contributed by atoms with van der Waals surface area (Å²) in [6, 6.07) is 12.1. The van der Waals surface area contributed by atoms with Crippen molar-refractivity contribution in [3.63, 3.8) is 0 Å². The molecule has 1 atom stereocenters. The monoisotopic (exact) mass is 518 g/mol. The molecule has 2 aromatic rings. The van der Waals surface area contributed by atoms with Crippen LogP contribution in [0.15, 0.2) is 90.1 Å². The van der Waals surface area contributed by atoms with Crippen molar-refractivity contribution < 1.29 is 34.3 Å². The van der Waals surface area contributed by atoms with E-state index in [4.69, 9.17) is 15.9 Å². The number of benzene rings is 2. The van der Waals surface area contributed by atoms with Gasteiger partial charge in [0.25, 0.3) is 0 Å².